The van der Waals surface area contributed by atoms with Gasteiger partial charge >= 0.3 is 23.9 Å². The van der Waals surface area contributed by atoms with E-state index in [2.05, 4.69) is 0 Å². The summed E-state index contributed by atoms with van der Waals surface area (Å²) < 4.78 is 0. The average molecular weight is 490 g/mol. The molecule has 0 aromatic rings. The minimum absolute atomic E-state index is 0. The van der Waals surface area contributed by atoms with Crippen molar-refractivity contribution >= 4 is 35.8 Å². The minimum Gasteiger partial charge on any atom is -0.549 e. The van der Waals surface area contributed by atoms with Gasteiger partial charge in [0.25, 0.3) is 0 Å². The van der Waals surface area contributed by atoms with Crippen LogP contribution in [-0.4, -0.2) is 105 Å². The van der Waals surface area contributed by atoms with Crippen LogP contribution in [-0.2, 0) is 45.8 Å². The predicted octanol–water partition coefficient (Wildman–Crippen LogP) is -4.46. The van der Waals surface area contributed by atoms with Crippen molar-refractivity contribution in [2.24, 2.45) is 0 Å². The van der Waals surface area contributed by atoms with Crippen molar-refractivity contribution in [3.05, 3.63) is 0 Å². The molecule has 0 saturated heterocycles. The van der Waals surface area contributed by atoms with Gasteiger partial charge in [-0.05, 0) is 0 Å². The number of aliphatic carboxylic acids is 6. The molecule has 16 N–H and O–H groups in total. The first-order valence-corrected chi connectivity index (χ1v) is 6.55. The molecule has 0 aliphatic carbocycles. The van der Waals surface area contributed by atoms with Gasteiger partial charge in [0.15, 0.2) is 0 Å². The maximum absolute atomic E-state index is 10.1. The molecule has 0 aromatic heterocycles. The largest absolute Gasteiger partial charge is 0.549 e. The third-order valence-corrected chi connectivity index (χ3v) is 2.14. The molecule has 17 nitrogen and oxygen atoms in total. The van der Waals surface area contributed by atoms with Gasteiger partial charge in [-0.25, -0.2) is 0 Å². The second-order valence-corrected chi connectivity index (χ2v) is 4.61. The molecular weight excluding hydrogens is 462 g/mol. The Balaban J connectivity index is -0.0000000847. The van der Waals surface area contributed by atoms with Crippen LogP contribution in [0.5, 0.6) is 0 Å². The van der Waals surface area contributed by atoms with Crippen molar-refractivity contribution < 1.29 is 76.5 Å². The van der Waals surface area contributed by atoms with Crippen LogP contribution in [0.3, 0.4) is 0 Å². The van der Waals surface area contributed by atoms with Crippen LogP contribution in [0.4, 0.5) is 0 Å². The molecule has 0 fully saturated rings. The van der Waals surface area contributed by atoms with Crippen molar-refractivity contribution in [1.82, 2.24) is 28.3 Å². The summed E-state index contributed by atoms with van der Waals surface area (Å²) in [5.74, 6) is -8.18. The Bertz CT molecular complexity index is 438. The maximum Gasteiger partial charge on any atom is 0.317 e. The number of carboxylic acids is 6. The van der Waals surface area contributed by atoms with Gasteiger partial charge in [0.1, 0.15) is 0 Å². The molecule has 0 saturated carbocycles. The number of nitrogens with zero attached hydrogens (tertiary/aromatic N) is 2. The fourth-order valence-electron chi connectivity index (χ4n) is 1.47. The standard InChI is InChI=1S/2C6H9NO6.Fe.3H3N/c2*8-4(9)1-7(2-5(10)11)3-6(12)13;;;;/h2*1-3H2,(H,8,9)(H,10,11)(H,12,13);;3*1H3/p+1. The van der Waals surface area contributed by atoms with E-state index in [1.165, 1.54) is 0 Å². The van der Waals surface area contributed by atoms with Gasteiger partial charge in [0.2, 0.25) is 0 Å². The monoisotopic (exact) mass is 490 g/mol. The number of rotatable bonds is 12. The van der Waals surface area contributed by atoms with Crippen molar-refractivity contribution in [3.63, 3.8) is 0 Å². The van der Waals surface area contributed by atoms with Crippen LogP contribution < -0.4 is 28.7 Å². The summed E-state index contributed by atoms with van der Waals surface area (Å²) in [7, 11) is 0. The quantitative estimate of drug-likeness (QED) is 0.127. The Morgan fingerprint density at radius 1 is 0.500 bits per heavy atom. The molecule has 0 spiro atoms. The minimum atomic E-state index is -1.51. The van der Waals surface area contributed by atoms with E-state index in [0.29, 0.717) is 0 Å². The molecule has 0 aromatic carbocycles. The number of carbonyl (C=O) groups is 6. The van der Waals surface area contributed by atoms with E-state index >= 15 is 0 Å². The first-order valence-electron chi connectivity index (χ1n) is 6.55. The molecule has 30 heavy (non-hydrogen) atoms. The third kappa shape index (κ3) is 32.8. The van der Waals surface area contributed by atoms with E-state index in [1.54, 1.807) is 0 Å². The van der Waals surface area contributed by atoms with Crippen LogP contribution in [0.15, 0.2) is 0 Å². The zero-order valence-corrected chi connectivity index (χ0v) is 17.6. The van der Waals surface area contributed by atoms with Gasteiger partial charge in [0.05, 0.1) is 38.1 Å². The van der Waals surface area contributed by atoms with Gasteiger partial charge in [-0.1, -0.05) is 0 Å². The van der Waals surface area contributed by atoms with Gasteiger partial charge in [-0.15, -0.1) is 0 Å². The molecule has 0 aliphatic rings. The topological polar surface area (TPSA) is 345 Å². The van der Waals surface area contributed by atoms with Gasteiger partial charge < -0.3 is 58.7 Å². The van der Waals surface area contributed by atoms with Gasteiger partial charge in [-0.3, -0.25) is 29.0 Å². The van der Waals surface area contributed by atoms with E-state index in [1.807, 2.05) is 0 Å². The summed E-state index contributed by atoms with van der Waals surface area (Å²) in [6, 6.07) is 0. The summed E-state index contributed by atoms with van der Waals surface area (Å²) >= 11 is 0. The molecule has 0 atom stereocenters. The molecule has 0 amide bonds. The number of quaternary nitrogens is 3. The fourth-order valence-corrected chi connectivity index (χ4v) is 1.47. The first kappa shape index (κ1) is 41.5. The summed E-state index contributed by atoms with van der Waals surface area (Å²) in [5.41, 5.74) is 0. The molecular formula is C12H28FeN5O12+. The van der Waals surface area contributed by atoms with E-state index in [4.69, 9.17) is 20.4 Å². The summed E-state index contributed by atoms with van der Waals surface area (Å²) in [4.78, 5) is 62.0. The van der Waals surface area contributed by atoms with Crippen LogP contribution in [0, 0.1) is 0 Å². The molecule has 18 heteroatoms. The summed E-state index contributed by atoms with van der Waals surface area (Å²) in [6.45, 7) is -3.97. The molecule has 0 radical (unpaired) electrons. The number of hydrogen-bond donors (Lipinski definition) is 7. The second kappa shape index (κ2) is 22.4. The van der Waals surface area contributed by atoms with Crippen LogP contribution in [0.2, 0.25) is 0 Å². The van der Waals surface area contributed by atoms with E-state index in [9.17, 15) is 39.0 Å². The molecule has 0 heterocycles. The Labute approximate surface area is 180 Å². The molecule has 180 valence electrons. The first-order chi connectivity index (χ1) is 11.8. The molecule has 0 bridgehead atoms. The number of carboxylic acid groups (broad SMARTS) is 6. The van der Waals surface area contributed by atoms with E-state index in [0.717, 1.165) is 9.80 Å². The molecule has 0 aliphatic heterocycles. The van der Waals surface area contributed by atoms with E-state index in [-0.39, 0.29) is 35.5 Å². The normalized spacial score (nSPS) is 8.60. The Morgan fingerprint density at radius 2 is 0.667 bits per heavy atom. The summed E-state index contributed by atoms with van der Waals surface area (Å²) in [5, 5.41) is 53.1. The SMILES string of the molecule is O=C([O-])CN(CC(=O)O)CC(=O)O.O=C([O-])CN(CC(=O)O)CC(=O)O.[Fe].[NH4+].[NH4+].[NH4+]. The Hall–Kier alpha value is -2.86. The van der Waals surface area contributed by atoms with E-state index < -0.39 is 75.1 Å². The zero-order valence-electron chi connectivity index (χ0n) is 16.5. The summed E-state index contributed by atoms with van der Waals surface area (Å²) in [6.07, 6.45) is 0. The van der Waals surface area contributed by atoms with Crippen LogP contribution >= 0.6 is 0 Å². The van der Waals surface area contributed by atoms with Crippen molar-refractivity contribution in [2.45, 2.75) is 0 Å². The smallest absolute Gasteiger partial charge is 0.317 e. The number of hydrogen-bond acceptors (Lipinski definition) is 10. The molecule has 0 rings (SSSR count). The zero-order chi connectivity index (χ0) is 20.9. The maximum atomic E-state index is 10.1. The van der Waals surface area contributed by atoms with Crippen molar-refractivity contribution in [2.75, 3.05) is 39.3 Å². The Morgan fingerprint density at radius 3 is 0.767 bits per heavy atom. The van der Waals surface area contributed by atoms with Crippen LogP contribution in [0.1, 0.15) is 0 Å². The van der Waals surface area contributed by atoms with Crippen LogP contribution in [0.25, 0.3) is 0 Å². The molecule has 0 unspecified atom stereocenters. The fraction of sp³-hybridized carbons (Fsp3) is 0.500. The average Bonchev–Trinajstić information content (AvgIpc) is 2.33. The third-order valence-electron chi connectivity index (χ3n) is 2.14. The van der Waals surface area contributed by atoms with Crippen molar-refractivity contribution in [1.29, 1.82) is 0 Å². The Kier molecular flexibility index (Phi) is 31.0. The van der Waals surface area contributed by atoms with Gasteiger partial charge in [0, 0.05) is 30.2 Å². The number of carbonyl (C=O) groups excluding carboxylic acids is 2. The van der Waals surface area contributed by atoms with Gasteiger partial charge in [-0.2, -0.15) is 0 Å². The predicted molar refractivity (Wildman–Crippen MR) is 91.4 cm³/mol. The van der Waals surface area contributed by atoms with Crippen molar-refractivity contribution in [3.8, 4) is 0 Å². The second-order valence-electron chi connectivity index (χ2n) is 4.61.